The van der Waals surface area contributed by atoms with E-state index in [4.69, 9.17) is 24.8 Å². The fourth-order valence-corrected chi connectivity index (χ4v) is 1.92. The van der Waals surface area contributed by atoms with Gasteiger partial charge in [-0.05, 0) is 17.2 Å². The van der Waals surface area contributed by atoms with Crippen LogP contribution in [0.15, 0.2) is 41.8 Å². The number of aliphatic hydroxyl groups is 1. The molecule has 1 saturated heterocycles. The van der Waals surface area contributed by atoms with Gasteiger partial charge in [-0.25, -0.2) is 9.97 Å². The summed E-state index contributed by atoms with van der Waals surface area (Å²) in [5.41, 5.74) is 10.0. The van der Waals surface area contributed by atoms with E-state index < -0.39 is 6.04 Å². The van der Waals surface area contributed by atoms with Gasteiger partial charge in [-0.1, -0.05) is 11.2 Å². The number of rotatable bonds is 6. The van der Waals surface area contributed by atoms with Crippen LogP contribution in [0.2, 0.25) is 0 Å². The van der Waals surface area contributed by atoms with E-state index >= 15 is 0 Å². The van der Waals surface area contributed by atoms with Gasteiger partial charge in [-0.3, -0.25) is 0 Å². The third kappa shape index (κ3) is 5.61. The highest BCUT2D eigenvalue weighted by Gasteiger charge is 2.24. The molecule has 0 spiro atoms. The zero-order valence-electron chi connectivity index (χ0n) is 13.9. The highest BCUT2D eigenvalue weighted by atomic mass is 16.6. The van der Waals surface area contributed by atoms with Crippen LogP contribution in [-0.2, 0) is 4.74 Å². The lowest BCUT2D eigenvalue weighted by Crippen LogP contribution is -2.00. The monoisotopic (exact) mass is 345 g/mol. The number of nitrogens with zero attached hydrogens (tertiary/aromatic N) is 5. The molecule has 0 saturated carbocycles. The molecule has 0 radical (unpaired) electrons. The van der Waals surface area contributed by atoms with E-state index in [2.05, 4.69) is 20.0 Å². The van der Waals surface area contributed by atoms with Crippen LogP contribution < -0.4 is 9.47 Å². The minimum atomic E-state index is -0.585. The molecule has 0 amide bonds. The van der Waals surface area contributed by atoms with Crippen molar-refractivity contribution < 1.29 is 19.3 Å². The summed E-state index contributed by atoms with van der Waals surface area (Å²) in [5.74, 6) is 1.13. The minimum absolute atomic E-state index is 0.238. The number of aromatic nitrogens is 2. The van der Waals surface area contributed by atoms with Gasteiger partial charge < -0.3 is 19.3 Å². The topological polar surface area (TPSA) is 126 Å². The first-order valence-corrected chi connectivity index (χ1v) is 7.48. The Balaban J connectivity index is 0.000000185. The van der Waals surface area contributed by atoms with E-state index in [0.717, 1.165) is 12.2 Å². The average molecular weight is 345 g/mol. The van der Waals surface area contributed by atoms with Crippen molar-refractivity contribution >= 4 is 0 Å². The van der Waals surface area contributed by atoms with Crippen LogP contribution >= 0.6 is 0 Å². The van der Waals surface area contributed by atoms with Gasteiger partial charge in [-0.15, -0.1) is 0 Å². The van der Waals surface area contributed by atoms with Crippen LogP contribution in [0.3, 0.4) is 0 Å². The van der Waals surface area contributed by atoms with E-state index in [1.54, 1.807) is 25.4 Å². The SMILES string of the molecule is COc1ccc([C@@H](CO)N=[N+]=[N-])cn1.COc1ccc([C@@H]2CO2)cn1. The zero-order chi connectivity index (χ0) is 18.1. The van der Waals surface area contributed by atoms with E-state index in [1.165, 1.54) is 13.3 Å². The Labute approximate surface area is 144 Å². The molecule has 2 aromatic heterocycles. The molecule has 0 aromatic carbocycles. The van der Waals surface area contributed by atoms with E-state index in [9.17, 15) is 0 Å². The summed E-state index contributed by atoms with van der Waals surface area (Å²) in [6.07, 6.45) is 3.58. The van der Waals surface area contributed by atoms with Crippen molar-refractivity contribution in [1.29, 1.82) is 0 Å². The van der Waals surface area contributed by atoms with Crippen molar-refractivity contribution in [1.82, 2.24) is 9.97 Å². The van der Waals surface area contributed by atoms with Crippen LogP contribution in [0.25, 0.3) is 10.4 Å². The maximum atomic E-state index is 8.91. The molecule has 9 nitrogen and oxygen atoms in total. The molecule has 0 aliphatic carbocycles. The Morgan fingerprint density at radius 1 is 1.24 bits per heavy atom. The molecular weight excluding hydrogens is 326 g/mol. The molecule has 2 aromatic rings. The Bertz CT molecular complexity index is 697. The second-order valence-electron chi connectivity index (χ2n) is 4.99. The first-order valence-electron chi connectivity index (χ1n) is 7.48. The third-order valence-corrected chi connectivity index (χ3v) is 3.39. The largest absolute Gasteiger partial charge is 0.481 e. The van der Waals surface area contributed by atoms with Crippen molar-refractivity contribution in [3.8, 4) is 11.8 Å². The predicted molar refractivity (Wildman–Crippen MR) is 89.2 cm³/mol. The van der Waals surface area contributed by atoms with Gasteiger partial charge in [0.25, 0.3) is 0 Å². The van der Waals surface area contributed by atoms with Crippen molar-refractivity contribution in [3.05, 3.63) is 58.2 Å². The van der Waals surface area contributed by atoms with Gasteiger partial charge >= 0.3 is 0 Å². The van der Waals surface area contributed by atoms with Crippen LogP contribution in [-0.4, -0.2) is 42.5 Å². The smallest absolute Gasteiger partial charge is 0.212 e. The van der Waals surface area contributed by atoms with Crippen molar-refractivity contribution in [2.45, 2.75) is 12.1 Å². The number of ether oxygens (including phenoxy) is 3. The lowest BCUT2D eigenvalue weighted by atomic mass is 10.1. The summed E-state index contributed by atoms with van der Waals surface area (Å²) >= 11 is 0. The fraction of sp³-hybridized carbons (Fsp3) is 0.375. The van der Waals surface area contributed by atoms with Gasteiger partial charge in [0, 0.05) is 35.0 Å². The molecule has 0 bridgehead atoms. The lowest BCUT2D eigenvalue weighted by molar-refractivity contribution is 0.267. The summed E-state index contributed by atoms with van der Waals surface area (Å²) in [5, 5.41) is 12.3. The molecule has 0 unspecified atom stereocenters. The highest BCUT2D eigenvalue weighted by Crippen LogP contribution is 2.29. The van der Waals surface area contributed by atoms with Crippen molar-refractivity contribution in [2.24, 2.45) is 5.11 Å². The predicted octanol–water partition coefficient (Wildman–Crippen LogP) is 2.60. The van der Waals surface area contributed by atoms with Gasteiger partial charge in [0.1, 0.15) is 6.10 Å². The molecular formula is C16H19N5O4. The number of aliphatic hydroxyl groups excluding tert-OH is 1. The minimum Gasteiger partial charge on any atom is -0.481 e. The molecule has 9 heteroatoms. The molecule has 3 heterocycles. The second kappa shape index (κ2) is 9.43. The van der Waals surface area contributed by atoms with Crippen LogP contribution in [0.4, 0.5) is 0 Å². The number of methoxy groups -OCH3 is 2. The van der Waals surface area contributed by atoms with Crippen molar-refractivity contribution in [3.63, 3.8) is 0 Å². The normalized spacial score (nSPS) is 15.9. The molecule has 1 aliphatic heterocycles. The van der Waals surface area contributed by atoms with E-state index in [0.29, 0.717) is 17.3 Å². The molecule has 1 N–H and O–H groups in total. The van der Waals surface area contributed by atoms with Gasteiger partial charge in [0.2, 0.25) is 11.8 Å². The van der Waals surface area contributed by atoms with Crippen molar-refractivity contribution in [2.75, 3.05) is 27.4 Å². The number of epoxide rings is 1. The maximum Gasteiger partial charge on any atom is 0.212 e. The number of azide groups is 1. The summed E-state index contributed by atoms with van der Waals surface area (Å²) in [4.78, 5) is 10.6. The van der Waals surface area contributed by atoms with Crippen LogP contribution in [0, 0.1) is 0 Å². The summed E-state index contributed by atoms with van der Waals surface area (Å²) in [6.45, 7) is 0.589. The number of hydrogen-bond donors (Lipinski definition) is 1. The summed E-state index contributed by atoms with van der Waals surface area (Å²) in [6, 6.07) is 6.57. The molecule has 132 valence electrons. The molecule has 2 atom stereocenters. The molecule has 3 rings (SSSR count). The highest BCUT2D eigenvalue weighted by molar-refractivity contribution is 5.22. The van der Waals surface area contributed by atoms with E-state index in [-0.39, 0.29) is 12.7 Å². The second-order valence-corrected chi connectivity index (χ2v) is 4.99. The summed E-state index contributed by atoms with van der Waals surface area (Å²) in [7, 11) is 3.12. The van der Waals surface area contributed by atoms with E-state index in [1.807, 2.05) is 12.1 Å². The first-order chi connectivity index (χ1) is 12.2. The zero-order valence-corrected chi connectivity index (χ0v) is 13.9. The number of pyridine rings is 2. The average Bonchev–Trinajstić information content (AvgIpc) is 3.52. The lowest BCUT2D eigenvalue weighted by Gasteiger charge is -2.07. The van der Waals surface area contributed by atoms with Gasteiger partial charge in [0.05, 0.1) is 33.5 Å². The maximum absolute atomic E-state index is 8.91. The Morgan fingerprint density at radius 3 is 2.28 bits per heavy atom. The fourth-order valence-electron chi connectivity index (χ4n) is 1.92. The third-order valence-electron chi connectivity index (χ3n) is 3.39. The van der Waals surface area contributed by atoms with Crippen LogP contribution in [0.1, 0.15) is 23.3 Å². The van der Waals surface area contributed by atoms with Gasteiger partial charge in [-0.2, -0.15) is 0 Å². The molecule has 1 aliphatic rings. The van der Waals surface area contributed by atoms with Gasteiger partial charge in [0.15, 0.2) is 0 Å². The Kier molecular flexibility index (Phi) is 6.97. The Morgan fingerprint density at radius 2 is 1.88 bits per heavy atom. The number of hydrogen-bond acceptors (Lipinski definition) is 7. The van der Waals surface area contributed by atoms with Crippen LogP contribution in [0.5, 0.6) is 11.8 Å². The standard InChI is InChI=1S/C8H10N4O2.C8H9NO2/c1-14-8-3-2-6(4-10-8)7(5-13)11-12-9;1-10-8-3-2-6(4-9-8)7-5-11-7/h2-4,7,13H,5H2,1H3;2-4,7H,5H2,1H3/t2*7-/m10/s1. The molecule has 1 fully saturated rings. The first kappa shape index (κ1) is 18.5. The summed E-state index contributed by atoms with van der Waals surface area (Å²) < 4.78 is 14.9. The Hall–Kier alpha value is -2.87. The quantitative estimate of drug-likeness (QED) is 0.371. The molecule has 25 heavy (non-hydrogen) atoms.